The number of carbonyl (C=O) groups is 3. The van der Waals surface area contributed by atoms with Crippen LogP contribution in [0.5, 0.6) is 5.75 Å². The van der Waals surface area contributed by atoms with Gasteiger partial charge in [-0.05, 0) is 40.8 Å². The van der Waals surface area contributed by atoms with Crippen molar-refractivity contribution in [1.29, 1.82) is 0 Å². The molecule has 19 heavy (non-hydrogen) atoms. The van der Waals surface area contributed by atoms with E-state index in [2.05, 4.69) is 0 Å². The molecule has 0 spiro atoms. The van der Waals surface area contributed by atoms with Gasteiger partial charge in [0.15, 0.2) is 0 Å². The van der Waals surface area contributed by atoms with E-state index < -0.39 is 30.9 Å². The van der Waals surface area contributed by atoms with Crippen LogP contribution < -0.4 is 0 Å². The summed E-state index contributed by atoms with van der Waals surface area (Å²) in [6.07, 6.45) is 0. The van der Waals surface area contributed by atoms with Crippen molar-refractivity contribution in [1.82, 2.24) is 4.90 Å². The summed E-state index contributed by atoms with van der Waals surface area (Å²) >= 11 is 1.92. The number of carboxylic acid groups (broad SMARTS) is 2. The normalized spacial score (nSPS) is 9.95. The summed E-state index contributed by atoms with van der Waals surface area (Å²) in [7, 11) is 0. The van der Waals surface area contributed by atoms with Gasteiger partial charge in [0.25, 0.3) is 5.91 Å². The van der Waals surface area contributed by atoms with E-state index in [0.717, 1.165) is 0 Å². The first kappa shape index (κ1) is 15.2. The summed E-state index contributed by atoms with van der Waals surface area (Å²) < 4.78 is 0.657. The molecule has 1 rings (SSSR count). The molecule has 8 heteroatoms. The highest BCUT2D eigenvalue weighted by Crippen LogP contribution is 2.21. The van der Waals surface area contributed by atoms with Gasteiger partial charge in [-0.3, -0.25) is 14.4 Å². The molecule has 1 amide bonds. The van der Waals surface area contributed by atoms with Gasteiger partial charge in [0.05, 0.1) is 5.56 Å². The number of aromatic hydroxyl groups is 1. The fourth-order valence-electron chi connectivity index (χ4n) is 1.38. The molecule has 0 saturated heterocycles. The van der Waals surface area contributed by atoms with Crippen LogP contribution in [0.2, 0.25) is 0 Å². The molecule has 0 bridgehead atoms. The Hall–Kier alpha value is -1.84. The number of carbonyl (C=O) groups excluding carboxylic acids is 1. The van der Waals surface area contributed by atoms with Gasteiger partial charge in [-0.2, -0.15) is 0 Å². The molecule has 0 unspecified atom stereocenters. The second kappa shape index (κ2) is 6.36. The van der Waals surface area contributed by atoms with Gasteiger partial charge in [0, 0.05) is 3.57 Å². The van der Waals surface area contributed by atoms with E-state index in [-0.39, 0.29) is 11.3 Å². The minimum absolute atomic E-state index is 0.130. The molecule has 1 aromatic carbocycles. The zero-order valence-corrected chi connectivity index (χ0v) is 11.7. The van der Waals surface area contributed by atoms with Gasteiger partial charge in [0.1, 0.15) is 18.8 Å². The number of carboxylic acids is 2. The Morgan fingerprint density at radius 1 is 1.11 bits per heavy atom. The fraction of sp³-hybridized carbons (Fsp3) is 0.182. The second-order valence-electron chi connectivity index (χ2n) is 3.61. The van der Waals surface area contributed by atoms with E-state index >= 15 is 0 Å². The number of amides is 1. The molecule has 0 saturated carbocycles. The summed E-state index contributed by atoms with van der Waals surface area (Å²) in [4.78, 5) is 33.9. The van der Waals surface area contributed by atoms with E-state index in [9.17, 15) is 19.5 Å². The van der Waals surface area contributed by atoms with Gasteiger partial charge in [0.2, 0.25) is 0 Å². The van der Waals surface area contributed by atoms with Crippen LogP contribution in [0.4, 0.5) is 0 Å². The van der Waals surface area contributed by atoms with Crippen LogP contribution in [0.1, 0.15) is 10.4 Å². The maximum atomic E-state index is 12.0. The third kappa shape index (κ3) is 4.39. The summed E-state index contributed by atoms with van der Waals surface area (Å²) in [6.45, 7) is -1.51. The molecule has 102 valence electrons. The summed E-state index contributed by atoms with van der Waals surface area (Å²) in [5.74, 6) is -3.84. The lowest BCUT2D eigenvalue weighted by molar-refractivity contribution is -0.140. The highest BCUT2D eigenvalue weighted by molar-refractivity contribution is 14.1. The van der Waals surface area contributed by atoms with Crippen molar-refractivity contribution in [3.05, 3.63) is 27.3 Å². The predicted octanol–water partition coefficient (Wildman–Crippen LogP) is 0.608. The number of halogens is 1. The average molecular weight is 379 g/mol. The summed E-state index contributed by atoms with van der Waals surface area (Å²) in [5.41, 5.74) is -0.130. The van der Waals surface area contributed by atoms with Gasteiger partial charge in [-0.25, -0.2) is 0 Å². The lowest BCUT2D eigenvalue weighted by Crippen LogP contribution is -2.39. The van der Waals surface area contributed by atoms with Gasteiger partial charge < -0.3 is 20.2 Å². The van der Waals surface area contributed by atoms with Crippen LogP contribution >= 0.6 is 22.6 Å². The van der Waals surface area contributed by atoms with Crippen LogP contribution in [0.25, 0.3) is 0 Å². The first-order chi connectivity index (χ1) is 8.81. The molecule has 7 nitrogen and oxygen atoms in total. The maximum absolute atomic E-state index is 12.0. The number of hydrogen-bond donors (Lipinski definition) is 3. The average Bonchev–Trinajstić information content (AvgIpc) is 2.29. The smallest absolute Gasteiger partial charge is 0.323 e. The lowest BCUT2D eigenvalue weighted by atomic mass is 10.1. The van der Waals surface area contributed by atoms with Crippen molar-refractivity contribution in [3.63, 3.8) is 0 Å². The largest absolute Gasteiger partial charge is 0.507 e. The van der Waals surface area contributed by atoms with Crippen molar-refractivity contribution >= 4 is 40.4 Å². The molecule has 3 N–H and O–H groups in total. The standard InChI is InChI=1S/C11H10INO6/c12-6-1-2-8(14)7(3-6)11(19)13(4-9(15)16)5-10(17)18/h1-3,14H,4-5H2,(H,15,16)(H,17,18). The summed E-state index contributed by atoms with van der Waals surface area (Å²) in [6, 6.07) is 4.20. The number of rotatable bonds is 5. The first-order valence-corrected chi connectivity index (χ1v) is 6.10. The van der Waals surface area contributed by atoms with Crippen molar-refractivity contribution in [2.45, 2.75) is 0 Å². The molecule has 0 radical (unpaired) electrons. The molecule has 0 heterocycles. The molecular weight excluding hydrogens is 369 g/mol. The molecule has 0 aliphatic heterocycles. The van der Waals surface area contributed by atoms with Crippen LogP contribution in [-0.2, 0) is 9.59 Å². The number of hydrogen-bond acceptors (Lipinski definition) is 4. The van der Waals surface area contributed by atoms with Crippen molar-refractivity contribution in [2.24, 2.45) is 0 Å². The highest BCUT2D eigenvalue weighted by atomic mass is 127. The number of phenolic OH excluding ortho intramolecular Hbond substituents is 1. The van der Waals surface area contributed by atoms with E-state index in [1.807, 2.05) is 22.6 Å². The Kier molecular flexibility index (Phi) is 5.10. The summed E-state index contributed by atoms with van der Waals surface area (Å²) in [5, 5.41) is 26.9. The number of benzene rings is 1. The Labute approximate surface area is 121 Å². The SMILES string of the molecule is O=C(O)CN(CC(=O)O)C(=O)c1cc(I)ccc1O. The number of aliphatic carboxylic acids is 2. The molecule has 0 aliphatic carbocycles. The van der Waals surface area contributed by atoms with Crippen LogP contribution in [0.3, 0.4) is 0 Å². The molecule has 0 atom stereocenters. The Morgan fingerprint density at radius 2 is 1.63 bits per heavy atom. The number of phenols is 1. The maximum Gasteiger partial charge on any atom is 0.323 e. The zero-order chi connectivity index (χ0) is 14.6. The predicted molar refractivity (Wildman–Crippen MR) is 72.0 cm³/mol. The molecule has 1 aromatic rings. The quantitative estimate of drug-likeness (QED) is 0.646. The van der Waals surface area contributed by atoms with Gasteiger partial charge in [-0.1, -0.05) is 0 Å². The highest BCUT2D eigenvalue weighted by Gasteiger charge is 2.23. The lowest BCUT2D eigenvalue weighted by Gasteiger charge is -2.19. The Morgan fingerprint density at radius 3 is 2.11 bits per heavy atom. The van der Waals surface area contributed by atoms with Crippen molar-refractivity contribution < 1.29 is 29.7 Å². The zero-order valence-electron chi connectivity index (χ0n) is 9.54. The third-order valence-corrected chi connectivity index (χ3v) is 2.80. The molecule has 0 aromatic heterocycles. The third-order valence-electron chi connectivity index (χ3n) is 2.13. The molecule has 0 aliphatic rings. The van der Waals surface area contributed by atoms with Crippen LogP contribution in [0, 0.1) is 3.57 Å². The number of nitrogens with zero attached hydrogens (tertiary/aromatic N) is 1. The van der Waals surface area contributed by atoms with E-state index in [1.165, 1.54) is 12.1 Å². The monoisotopic (exact) mass is 379 g/mol. The van der Waals surface area contributed by atoms with Crippen LogP contribution in [0.15, 0.2) is 18.2 Å². The second-order valence-corrected chi connectivity index (χ2v) is 4.86. The van der Waals surface area contributed by atoms with Crippen molar-refractivity contribution in [3.8, 4) is 5.75 Å². The fourth-order valence-corrected chi connectivity index (χ4v) is 1.87. The molecular formula is C11H10INO6. The van der Waals surface area contributed by atoms with E-state index in [1.54, 1.807) is 6.07 Å². The Bertz CT molecular complexity index is 514. The van der Waals surface area contributed by atoms with Gasteiger partial charge in [-0.15, -0.1) is 0 Å². The van der Waals surface area contributed by atoms with E-state index in [0.29, 0.717) is 8.47 Å². The van der Waals surface area contributed by atoms with E-state index in [4.69, 9.17) is 10.2 Å². The topological polar surface area (TPSA) is 115 Å². The minimum atomic E-state index is -1.33. The van der Waals surface area contributed by atoms with Crippen LogP contribution in [-0.4, -0.2) is 51.2 Å². The Balaban J connectivity index is 3.07. The molecule has 0 fully saturated rings. The van der Waals surface area contributed by atoms with Crippen molar-refractivity contribution in [2.75, 3.05) is 13.1 Å². The first-order valence-electron chi connectivity index (χ1n) is 5.02. The van der Waals surface area contributed by atoms with Gasteiger partial charge >= 0.3 is 11.9 Å². The minimum Gasteiger partial charge on any atom is -0.507 e.